The fourth-order valence-electron chi connectivity index (χ4n) is 4.08. The Bertz CT molecular complexity index is 412. The van der Waals surface area contributed by atoms with E-state index >= 15 is 0 Å². The van der Waals surface area contributed by atoms with Gasteiger partial charge in [0, 0.05) is 5.41 Å². The highest BCUT2D eigenvalue weighted by atomic mass is 16.3. The molecule has 1 N–H and O–H groups in total. The Morgan fingerprint density at radius 3 is 2.24 bits per heavy atom. The summed E-state index contributed by atoms with van der Waals surface area (Å²) in [7, 11) is 0. The van der Waals surface area contributed by atoms with E-state index in [9.17, 15) is 5.11 Å². The molecule has 0 amide bonds. The lowest BCUT2D eigenvalue weighted by Gasteiger charge is -2.36. The lowest BCUT2D eigenvalue weighted by molar-refractivity contribution is 0.0112. The number of hydrogen-bond acceptors (Lipinski definition) is 1. The molecule has 1 heteroatoms. The molecule has 1 aliphatic carbocycles. The molecule has 21 heavy (non-hydrogen) atoms. The van der Waals surface area contributed by atoms with Gasteiger partial charge in [0.2, 0.25) is 0 Å². The molecule has 0 spiro atoms. The highest BCUT2D eigenvalue weighted by Gasteiger charge is 2.41. The molecule has 0 bridgehead atoms. The van der Waals surface area contributed by atoms with E-state index in [0.717, 1.165) is 18.4 Å². The summed E-state index contributed by atoms with van der Waals surface area (Å²) in [4.78, 5) is 0. The summed E-state index contributed by atoms with van der Waals surface area (Å²) in [5.41, 5.74) is 2.65. The minimum atomic E-state index is -0.289. The number of aryl methyl sites for hydroxylation is 1. The summed E-state index contributed by atoms with van der Waals surface area (Å²) in [5, 5.41) is 11.0. The second-order valence-corrected chi connectivity index (χ2v) is 7.42. The number of hydrogen-bond donors (Lipinski definition) is 1. The van der Waals surface area contributed by atoms with Crippen LogP contribution in [0.15, 0.2) is 24.3 Å². The van der Waals surface area contributed by atoms with Crippen LogP contribution >= 0.6 is 0 Å². The third-order valence-corrected chi connectivity index (χ3v) is 5.11. The molecule has 0 radical (unpaired) electrons. The average molecular weight is 288 g/mol. The van der Waals surface area contributed by atoms with Gasteiger partial charge in [-0.2, -0.15) is 0 Å². The molecule has 0 aromatic heterocycles. The first kappa shape index (κ1) is 16.5. The predicted octanol–water partition coefficient (Wildman–Crippen LogP) is 5.67. The van der Waals surface area contributed by atoms with Crippen LogP contribution < -0.4 is 0 Å². The molecule has 1 unspecified atom stereocenters. The summed E-state index contributed by atoms with van der Waals surface area (Å²) >= 11 is 0. The Balaban J connectivity index is 2.11. The van der Waals surface area contributed by atoms with Crippen molar-refractivity contribution in [3.63, 3.8) is 0 Å². The van der Waals surface area contributed by atoms with Gasteiger partial charge in [0.15, 0.2) is 0 Å². The monoisotopic (exact) mass is 288 g/mol. The summed E-state index contributed by atoms with van der Waals surface area (Å²) in [6, 6.07) is 8.75. The minimum Gasteiger partial charge on any atom is -0.388 e. The Kier molecular flexibility index (Phi) is 5.87. The fraction of sp³-hybridized carbons (Fsp3) is 0.700. The minimum absolute atomic E-state index is 0.124. The third-order valence-electron chi connectivity index (χ3n) is 5.11. The number of rotatable bonds is 7. The van der Waals surface area contributed by atoms with Crippen LogP contribution in [0.1, 0.15) is 82.9 Å². The van der Waals surface area contributed by atoms with Gasteiger partial charge >= 0.3 is 0 Å². The van der Waals surface area contributed by atoms with Gasteiger partial charge < -0.3 is 5.11 Å². The number of unbranched alkanes of at least 4 members (excludes halogenated alkanes) is 1. The molecule has 0 heterocycles. The zero-order valence-electron chi connectivity index (χ0n) is 14.1. The molecule has 1 atom stereocenters. The quantitative estimate of drug-likeness (QED) is 0.685. The maximum atomic E-state index is 11.0. The van der Waals surface area contributed by atoms with Crippen LogP contribution in [-0.2, 0) is 6.42 Å². The molecule has 1 aromatic carbocycles. The van der Waals surface area contributed by atoms with Crippen LogP contribution in [0.5, 0.6) is 0 Å². The third kappa shape index (κ3) is 4.10. The van der Waals surface area contributed by atoms with Crippen LogP contribution in [-0.4, -0.2) is 5.11 Å². The molecular weight excluding hydrogens is 256 g/mol. The van der Waals surface area contributed by atoms with Gasteiger partial charge in [-0.15, -0.1) is 0 Å². The summed E-state index contributed by atoms with van der Waals surface area (Å²) < 4.78 is 0. The smallest absolute Gasteiger partial charge is 0.0846 e. The van der Waals surface area contributed by atoms with Crippen molar-refractivity contribution in [1.29, 1.82) is 0 Å². The number of benzene rings is 1. The van der Waals surface area contributed by atoms with Crippen molar-refractivity contribution in [2.45, 2.75) is 78.2 Å². The van der Waals surface area contributed by atoms with Crippen molar-refractivity contribution in [2.24, 2.45) is 11.3 Å². The average Bonchev–Trinajstić information content (AvgIpc) is 2.93. The Morgan fingerprint density at radius 2 is 1.71 bits per heavy atom. The van der Waals surface area contributed by atoms with Crippen molar-refractivity contribution in [3.05, 3.63) is 35.4 Å². The normalized spacial score (nSPS) is 19.1. The fourth-order valence-corrected chi connectivity index (χ4v) is 4.08. The first-order valence-corrected chi connectivity index (χ1v) is 8.84. The molecule has 0 saturated heterocycles. The van der Waals surface area contributed by atoms with E-state index in [4.69, 9.17) is 0 Å². The lowest BCUT2D eigenvalue weighted by Crippen LogP contribution is -2.27. The standard InChI is InChI=1S/C20H32O/c1-4-5-8-17-9-11-18(12-10-17)19(21)20(15-16(2)3)13-6-7-14-20/h9-12,16,19,21H,4-8,13-15H2,1-3H3. The van der Waals surface area contributed by atoms with Gasteiger partial charge in [0.25, 0.3) is 0 Å². The van der Waals surface area contributed by atoms with Gasteiger partial charge in [0.05, 0.1) is 6.10 Å². The van der Waals surface area contributed by atoms with E-state index in [1.807, 2.05) is 0 Å². The van der Waals surface area contributed by atoms with E-state index in [-0.39, 0.29) is 11.5 Å². The van der Waals surface area contributed by atoms with Crippen LogP contribution in [0.4, 0.5) is 0 Å². The second kappa shape index (κ2) is 7.45. The van der Waals surface area contributed by atoms with E-state index < -0.39 is 0 Å². The second-order valence-electron chi connectivity index (χ2n) is 7.42. The van der Waals surface area contributed by atoms with Gasteiger partial charge in [-0.25, -0.2) is 0 Å². The van der Waals surface area contributed by atoms with Crippen molar-refractivity contribution in [3.8, 4) is 0 Å². The Labute approximate surface area is 130 Å². The molecule has 1 aliphatic rings. The molecule has 118 valence electrons. The zero-order chi connectivity index (χ0) is 15.3. The van der Waals surface area contributed by atoms with Crippen LogP contribution in [0.25, 0.3) is 0 Å². The molecular formula is C20H32O. The molecule has 0 aliphatic heterocycles. The van der Waals surface area contributed by atoms with Crippen molar-refractivity contribution < 1.29 is 5.11 Å². The predicted molar refractivity (Wildman–Crippen MR) is 90.4 cm³/mol. The van der Waals surface area contributed by atoms with Crippen LogP contribution in [0.2, 0.25) is 0 Å². The largest absolute Gasteiger partial charge is 0.388 e. The van der Waals surface area contributed by atoms with Gasteiger partial charge in [0.1, 0.15) is 0 Å². The first-order chi connectivity index (χ1) is 10.1. The zero-order valence-corrected chi connectivity index (χ0v) is 14.1. The summed E-state index contributed by atoms with van der Waals surface area (Å²) in [5.74, 6) is 0.654. The molecule has 1 nitrogen and oxygen atoms in total. The summed E-state index contributed by atoms with van der Waals surface area (Å²) in [6.45, 7) is 6.79. The highest BCUT2D eigenvalue weighted by molar-refractivity contribution is 5.26. The lowest BCUT2D eigenvalue weighted by atomic mass is 9.72. The molecule has 1 saturated carbocycles. The van der Waals surface area contributed by atoms with Gasteiger partial charge in [-0.3, -0.25) is 0 Å². The van der Waals surface area contributed by atoms with Crippen molar-refractivity contribution >= 4 is 0 Å². The van der Waals surface area contributed by atoms with Gasteiger partial charge in [-0.1, -0.05) is 64.3 Å². The van der Waals surface area contributed by atoms with E-state index in [1.54, 1.807) is 0 Å². The maximum Gasteiger partial charge on any atom is 0.0846 e. The van der Waals surface area contributed by atoms with Crippen molar-refractivity contribution in [1.82, 2.24) is 0 Å². The van der Waals surface area contributed by atoms with E-state index in [0.29, 0.717) is 5.92 Å². The van der Waals surface area contributed by atoms with E-state index in [1.165, 1.54) is 44.1 Å². The van der Waals surface area contributed by atoms with Gasteiger partial charge in [-0.05, 0) is 49.1 Å². The van der Waals surface area contributed by atoms with Crippen LogP contribution in [0, 0.1) is 11.3 Å². The Hall–Kier alpha value is -0.820. The Morgan fingerprint density at radius 1 is 1.10 bits per heavy atom. The molecule has 2 rings (SSSR count). The van der Waals surface area contributed by atoms with Crippen molar-refractivity contribution in [2.75, 3.05) is 0 Å². The number of aliphatic hydroxyl groups is 1. The maximum absolute atomic E-state index is 11.0. The van der Waals surface area contributed by atoms with Crippen LogP contribution in [0.3, 0.4) is 0 Å². The molecule has 1 fully saturated rings. The SMILES string of the molecule is CCCCc1ccc(C(O)C2(CC(C)C)CCCC2)cc1. The molecule has 1 aromatic rings. The van der Waals surface area contributed by atoms with E-state index in [2.05, 4.69) is 45.0 Å². The topological polar surface area (TPSA) is 20.2 Å². The highest BCUT2D eigenvalue weighted by Crippen LogP contribution is 2.51. The first-order valence-electron chi connectivity index (χ1n) is 8.84. The summed E-state index contributed by atoms with van der Waals surface area (Å²) in [6.07, 6.45) is 9.42. The number of aliphatic hydroxyl groups excluding tert-OH is 1.